The van der Waals surface area contributed by atoms with Crippen LogP contribution >= 0.6 is 10.6 Å². The fourth-order valence-electron chi connectivity index (χ4n) is 0. The van der Waals surface area contributed by atoms with Gasteiger partial charge in [-0.1, -0.05) is 0 Å². The van der Waals surface area contributed by atoms with Crippen LogP contribution in [0, 0.1) is 0 Å². The van der Waals surface area contributed by atoms with Crippen LogP contribution < -0.4 is 10.2 Å². The van der Waals surface area contributed by atoms with Crippen molar-refractivity contribution in [3.63, 3.8) is 0 Å². The molecule has 0 aliphatic heterocycles. The second-order valence-corrected chi connectivity index (χ2v) is 0.250. The number of carbonyl (C=O) groups excluding carboxylic acids is 1. The standard InChI is InChI=1S/CH2O3.Ca.Cu.S/c2-1(3)4;;;/h(H2,2,3,4);;;/q;+2;;/p-2. The minimum absolute atomic E-state index is 0. The number of carbonyl (C=O) groups is 1. The molecule has 3 nitrogen and oxygen atoms in total. The minimum atomic E-state index is -2.33. The number of hydrogen-bond acceptors (Lipinski definition) is 4. The molecule has 41 valence electrons. The Hall–Kier alpha value is 1.27. The SMILES string of the molecule is O=C([O-])[O-].[Ca+2].[S]=[Cu]. The Balaban J connectivity index is -0.0000000480. The molecule has 0 aliphatic carbocycles. The normalized spacial score (nSPS) is 4.29. The quantitative estimate of drug-likeness (QED) is 0.413. The van der Waals surface area contributed by atoms with Gasteiger partial charge in [-0.05, 0) is 6.16 Å². The van der Waals surface area contributed by atoms with Crippen LogP contribution in [0.2, 0.25) is 0 Å². The van der Waals surface area contributed by atoms with Crippen LogP contribution in [0.3, 0.4) is 0 Å². The van der Waals surface area contributed by atoms with Crippen molar-refractivity contribution < 1.29 is 29.4 Å². The molecule has 0 aromatic carbocycles. The predicted molar refractivity (Wildman–Crippen MR) is 18.7 cm³/mol. The van der Waals surface area contributed by atoms with E-state index < -0.39 is 6.16 Å². The molecule has 0 radical (unpaired) electrons. The summed E-state index contributed by atoms with van der Waals surface area (Å²) < 4.78 is 0. The average Bonchev–Trinajstić information content (AvgIpc) is 1.41. The molecular formula is CCaCuO3S. The summed E-state index contributed by atoms with van der Waals surface area (Å²) in [6.45, 7) is 0. The molecule has 0 N–H and O–H groups in total. The summed E-state index contributed by atoms with van der Waals surface area (Å²) in [4.78, 5) is 8.33. The van der Waals surface area contributed by atoms with Crippen molar-refractivity contribution in [3.8, 4) is 0 Å². The zero-order valence-corrected chi connectivity index (χ0v) is 7.11. The molecular weight excluding hydrogens is 196 g/mol. The van der Waals surface area contributed by atoms with Gasteiger partial charge in [0.15, 0.2) is 0 Å². The Kier molecular flexibility index (Phi) is 35.2. The molecule has 0 saturated heterocycles. The third-order valence-corrected chi connectivity index (χ3v) is 0. The van der Waals surface area contributed by atoms with Gasteiger partial charge in [-0.25, -0.2) is 0 Å². The first kappa shape index (κ1) is 15.7. The van der Waals surface area contributed by atoms with E-state index in [0.29, 0.717) is 0 Å². The molecule has 7 heavy (non-hydrogen) atoms. The third kappa shape index (κ3) is 125. The third-order valence-electron chi connectivity index (χ3n) is 0. The predicted octanol–water partition coefficient (Wildman–Crippen LogP) is -2.18. The average molecular weight is 196 g/mol. The van der Waals surface area contributed by atoms with Gasteiger partial charge in [0.25, 0.3) is 0 Å². The maximum absolute atomic E-state index is 8.33. The van der Waals surface area contributed by atoms with Crippen LogP contribution in [0.5, 0.6) is 0 Å². The van der Waals surface area contributed by atoms with Gasteiger partial charge in [0, 0.05) is 0 Å². The van der Waals surface area contributed by atoms with Crippen molar-refractivity contribution in [3.05, 3.63) is 0 Å². The fourth-order valence-corrected chi connectivity index (χ4v) is 0. The number of hydrogen-bond donors (Lipinski definition) is 0. The van der Waals surface area contributed by atoms with Crippen LogP contribution in [-0.4, -0.2) is 43.9 Å². The Bertz CT molecular complexity index is 46.2. The first-order valence-corrected chi connectivity index (χ1v) is 2.13. The van der Waals surface area contributed by atoms with Crippen LogP contribution in [0.4, 0.5) is 4.79 Å². The molecule has 6 heteroatoms. The number of carboxylic acid groups (broad SMARTS) is 2. The Morgan fingerprint density at radius 2 is 1.43 bits per heavy atom. The van der Waals surface area contributed by atoms with Crippen molar-refractivity contribution in [2.45, 2.75) is 0 Å². The molecule has 0 bridgehead atoms. The molecule has 0 aromatic heterocycles. The van der Waals surface area contributed by atoms with Crippen molar-refractivity contribution in [1.29, 1.82) is 0 Å². The van der Waals surface area contributed by atoms with E-state index in [0.717, 1.165) is 0 Å². The zero-order valence-electron chi connectivity index (χ0n) is 3.14. The van der Waals surface area contributed by atoms with Gasteiger partial charge in [0.1, 0.15) is 0 Å². The van der Waals surface area contributed by atoms with E-state index in [1.54, 1.807) is 0 Å². The molecule has 0 aliphatic rings. The molecule has 0 heterocycles. The summed E-state index contributed by atoms with van der Waals surface area (Å²) in [5.41, 5.74) is 0. The summed E-state index contributed by atoms with van der Waals surface area (Å²) in [6.07, 6.45) is -2.33. The van der Waals surface area contributed by atoms with E-state index in [-0.39, 0.29) is 37.7 Å². The summed E-state index contributed by atoms with van der Waals surface area (Å²) in [5, 5.41) is 16.7. The maximum atomic E-state index is 8.33. The van der Waals surface area contributed by atoms with Crippen molar-refractivity contribution in [1.82, 2.24) is 0 Å². The van der Waals surface area contributed by atoms with Crippen LogP contribution in [-0.2, 0) is 14.4 Å². The van der Waals surface area contributed by atoms with E-state index in [9.17, 15) is 0 Å². The van der Waals surface area contributed by atoms with Gasteiger partial charge < -0.3 is 15.0 Å². The molecule has 0 unspecified atom stereocenters. The van der Waals surface area contributed by atoms with E-state index in [1.807, 2.05) is 0 Å². The van der Waals surface area contributed by atoms with Crippen molar-refractivity contribution in [2.75, 3.05) is 0 Å². The first-order chi connectivity index (χ1) is 2.73. The first-order valence-electron chi connectivity index (χ1n) is 0.735. The molecule has 0 atom stereocenters. The molecule has 0 rings (SSSR count). The summed E-state index contributed by atoms with van der Waals surface area (Å²) in [7, 11) is 3.65. The van der Waals surface area contributed by atoms with Crippen LogP contribution in [0.25, 0.3) is 0 Å². The summed E-state index contributed by atoms with van der Waals surface area (Å²) >= 11 is 3.77. The van der Waals surface area contributed by atoms with Gasteiger partial charge in [-0.15, -0.1) is 0 Å². The van der Waals surface area contributed by atoms with E-state index in [2.05, 4.69) is 24.9 Å². The Morgan fingerprint density at radius 3 is 1.43 bits per heavy atom. The van der Waals surface area contributed by atoms with Gasteiger partial charge in [0.05, 0.1) is 0 Å². The molecule has 0 amide bonds. The number of rotatable bonds is 0. The van der Waals surface area contributed by atoms with Crippen LogP contribution in [0.15, 0.2) is 0 Å². The van der Waals surface area contributed by atoms with E-state index in [4.69, 9.17) is 15.0 Å². The molecule has 0 aromatic rings. The topological polar surface area (TPSA) is 63.2 Å². The van der Waals surface area contributed by atoms with Gasteiger partial charge in [-0.2, -0.15) is 0 Å². The Labute approximate surface area is 82.8 Å². The summed E-state index contributed by atoms with van der Waals surface area (Å²) in [6, 6.07) is 0. The molecule has 0 fully saturated rings. The second-order valence-electron chi connectivity index (χ2n) is 0.250. The van der Waals surface area contributed by atoms with Gasteiger partial charge in [-0.3, -0.25) is 0 Å². The zero-order chi connectivity index (χ0) is 5.58. The molecule has 0 saturated carbocycles. The monoisotopic (exact) mass is 195 g/mol. The Morgan fingerprint density at radius 1 is 1.43 bits per heavy atom. The molecule has 0 spiro atoms. The van der Waals surface area contributed by atoms with E-state index >= 15 is 0 Å². The van der Waals surface area contributed by atoms with Gasteiger partial charge in [0.2, 0.25) is 0 Å². The van der Waals surface area contributed by atoms with E-state index in [1.165, 1.54) is 0 Å². The summed E-state index contributed by atoms with van der Waals surface area (Å²) in [5.74, 6) is 0. The van der Waals surface area contributed by atoms with Gasteiger partial charge >= 0.3 is 62.7 Å². The van der Waals surface area contributed by atoms with Crippen molar-refractivity contribution >= 4 is 54.4 Å². The van der Waals surface area contributed by atoms with Crippen molar-refractivity contribution in [2.24, 2.45) is 0 Å². The second kappa shape index (κ2) is 15.7. The fraction of sp³-hybridized carbons (Fsp3) is 0. The van der Waals surface area contributed by atoms with Crippen LogP contribution in [0.1, 0.15) is 0 Å².